The SMILES string of the molecule is COC(=O)NC(CCS(C)(=O)=O)C(=O)N1CC2(CC2)CC1c1ncc(-c2ccc(C)cc2)[nH]1. The molecule has 2 aliphatic rings. The standard InChI is InChI=1S/C23H30N4O5S/c1-15-4-6-16(7-5-15)18-13-24-20(25-18)19-12-23(9-10-23)14-27(19)21(28)17(26-22(29)32-2)8-11-33(3,30)31/h4-7,13,17,19H,8-12,14H2,1-3H3,(H,24,25)(H,26,29). The van der Waals surface area contributed by atoms with Crippen LogP contribution in [0, 0.1) is 12.3 Å². The maximum absolute atomic E-state index is 13.5. The second-order valence-corrected chi connectivity index (χ2v) is 11.6. The molecule has 2 atom stereocenters. The number of methoxy groups -OCH3 is 1. The molecule has 1 aromatic carbocycles. The fraction of sp³-hybridized carbons (Fsp3) is 0.522. The zero-order valence-corrected chi connectivity index (χ0v) is 19.9. The monoisotopic (exact) mass is 474 g/mol. The summed E-state index contributed by atoms with van der Waals surface area (Å²) in [7, 11) is -2.10. The van der Waals surface area contributed by atoms with Crippen LogP contribution < -0.4 is 5.32 Å². The Hall–Kier alpha value is -2.88. The van der Waals surface area contributed by atoms with E-state index >= 15 is 0 Å². The van der Waals surface area contributed by atoms with Crippen molar-refractivity contribution >= 4 is 21.8 Å². The van der Waals surface area contributed by atoms with E-state index in [1.807, 2.05) is 31.2 Å². The first-order valence-corrected chi connectivity index (χ1v) is 13.1. The Kier molecular flexibility index (Phi) is 6.22. The molecular weight excluding hydrogens is 444 g/mol. The second-order valence-electron chi connectivity index (χ2n) is 9.34. The summed E-state index contributed by atoms with van der Waals surface area (Å²) in [6.45, 7) is 2.59. The molecule has 1 aliphatic carbocycles. The van der Waals surface area contributed by atoms with Gasteiger partial charge in [-0.15, -0.1) is 0 Å². The Morgan fingerprint density at radius 1 is 1.30 bits per heavy atom. The van der Waals surface area contributed by atoms with Crippen LogP contribution in [0.3, 0.4) is 0 Å². The molecule has 1 aliphatic heterocycles. The van der Waals surface area contributed by atoms with Crippen molar-refractivity contribution in [2.24, 2.45) is 5.41 Å². The lowest BCUT2D eigenvalue weighted by Gasteiger charge is -2.28. The molecule has 0 radical (unpaired) electrons. The molecule has 9 nitrogen and oxygen atoms in total. The summed E-state index contributed by atoms with van der Waals surface area (Å²) in [5.41, 5.74) is 3.12. The van der Waals surface area contributed by atoms with Crippen molar-refractivity contribution < 1.29 is 22.7 Å². The first-order chi connectivity index (χ1) is 15.6. The fourth-order valence-corrected chi connectivity index (χ4v) is 5.11. The van der Waals surface area contributed by atoms with Gasteiger partial charge >= 0.3 is 6.09 Å². The lowest BCUT2D eigenvalue weighted by atomic mass is 10.0. The topological polar surface area (TPSA) is 121 Å². The number of carbonyl (C=O) groups is 2. The van der Waals surface area contributed by atoms with E-state index < -0.39 is 22.0 Å². The van der Waals surface area contributed by atoms with Crippen LogP contribution in [0.15, 0.2) is 30.5 Å². The highest BCUT2D eigenvalue weighted by molar-refractivity contribution is 7.90. The molecule has 178 valence electrons. The van der Waals surface area contributed by atoms with E-state index in [-0.39, 0.29) is 29.5 Å². The molecule has 33 heavy (non-hydrogen) atoms. The average molecular weight is 475 g/mol. The lowest BCUT2D eigenvalue weighted by Crippen LogP contribution is -2.49. The molecule has 1 spiro atoms. The minimum Gasteiger partial charge on any atom is -0.453 e. The molecule has 2 amide bonds. The molecule has 2 N–H and O–H groups in total. The van der Waals surface area contributed by atoms with Gasteiger partial charge in [-0.2, -0.15) is 0 Å². The summed E-state index contributed by atoms with van der Waals surface area (Å²) in [6, 6.07) is 6.85. The number of carbonyl (C=O) groups excluding carboxylic acids is 2. The molecule has 2 aromatic rings. The number of aromatic amines is 1. The number of H-pyrrole nitrogens is 1. The van der Waals surface area contributed by atoms with E-state index in [1.54, 1.807) is 11.1 Å². The number of ether oxygens (including phenoxy) is 1. The highest BCUT2D eigenvalue weighted by Crippen LogP contribution is 2.58. The van der Waals surface area contributed by atoms with E-state index in [4.69, 9.17) is 0 Å². The van der Waals surface area contributed by atoms with Crippen molar-refractivity contribution in [1.82, 2.24) is 20.2 Å². The minimum absolute atomic E-state index is 0.0181. The number of aromatic nitrogens is 2. The zero-order chi connectivity index (χ0) is 23.8. The van der Waals surface area contributed by atoms with Crippen LogP contribution in [0.5, 0.6) is 0 Å². The van der Waals surface area contributed by atoms with E-state index in [1.165, 1.54) is 12.7 Å². The number of benzene rings is 1. The number of amides is 2. The van der Waals surface area contributed by atoms with Crippen molar-refractivity contribution in [1.29, 1.82) is 0 Å². The van der Waals surface area contributed by atoms with E-state index in [0.29, 0.717) is 12.4 Å². The van der Waals surface area contributed by atoms with Crippen LogP contribution in [-0.4, -0.2) is 67.0 Å². The Bertz CT molecular complexity index is 1140. The maximum atomic E-state index is 13.5. The Labute approximate surface area is 193 Å². The number of hydrogen-bond donors (Lipinski definition) is 2. The van der Waals surface area contributed by atoms with E-state index in [9.17, 15) is 18.0 Å². The quantitative estimate of drug-likeness (QED) is 0.636. The first kappa shape index (κ1) is 23.3. The highest BCUT2D eigenvalue weighted by atomic mass is 32.2. The molecule has 1 saturated carbocycles. The molecule has 10 heteroatoms. The van der Waals surface area contributed by atoms with E-state index in [2.05, 4.69) is 20.0 Å². The second kappa shape index (κ2) is 8.81. The van der Waals surface area contributed by atoms with Crippen LogP contribution in [0.1, 0.15) is 43.1 Å². The fourth-order valence-electron chi connectivity index (χ4n) is 4.45. The highest BCUT2D eigenvalue weighted by Gasteiger charge is 2.55. The summed E-state index contributed by atoms with van der Waals surface area (Å²) in [6.07, 6.45) is 4.97. The Morgan fingerprint density at radius 3 is 2.61 bits per heavy atom. The first-order valence-electron chi connectivity index (χ1n) is 11.0. The van der Waals surface area contributed by atoms with Gasteiger partial charge in [0.25, 0.3) is 0 Å². The zero-order valence-electron chi connectivity index (χ0n) is 19.1. The van der Waals surface area contributed by atoms with Gasteiger partial charge in [-0.3, -0.25) is 4.79 Å². The van der Waals surface area contributed by atoms with Gasteiger partial charge in [0, 0.05) is 12.8 Å². The van der Waals surface area contributed by atoms with Crippen LogP contribution >= 0.6 is 0 Å². The van der Waals surface area contributed by atoms with Crippen molar-refractivity contribution in [3.8, 4) is 11.3 Å². The lowest BCUT2D eigenvalue weighted by molar-refractivity contribution is -0.134. The van der Waals surface area contributed by atoms with Gasteiger partial charge in [0.2, 0.25) is 5.91 Å². The Balaban J connectivity index is 1.58. The van der Waals surface area contributed by atoms with Gasteiger partial charge in [0.05, 0.1) is 30.8 Å². The number of likely N-dealkylation sites (tertiary alicyclic amines) is 1. The van der Waals surface area contributed by atoms with Crippen LogP contribution in [0.4, 0.5) is 4.79 Å². The number of nitrogens with zero attached hydrogens (tertiary/aromatic N) is 2. The molecule has 4 rings (SSSR count). The number of hydrogen-bond acceptors (Lipinski definition) is 6. The van der Waals surface area contributed by atoms with Gasteiger partial charge in [0.1, 0.15) is 21.7 Å². The summed E-state index contributed by atoms with van der Waals surface area (Å²) < 4.78 is 28.1. The van der Waals surface area contributed by atoms with Crippen LogP contribution in [0.25, 0.3) is 11.3 Å². The van der Waals surface area contributed by atoms with Gasteiger partial charge in [-0.25, -0.2) is 18.2 Å². The normalized spacial score (nSPS) is 20.0. The van der Waals surface area contributed by atoms with Crippen LogP contribution in [0.2, 0.25) is 0 Å². The number of imidazole rings is 1. The third-order valence-electron chi connectivity index (χ3n) is 6.58. The molecular formula is C23H30N4O5S. The average Bonchev–Trinajstić information content (AvgIpc) is 3.18. The summed E-state index contributed by atoms with van der Waals surface area (Å²) >= 11 is 0. The molecule has 2 heterocycles. The molecule has 1 saturated heterocycles. The van der Waals surface area contributed by atoms with Crippen molar-refractivity contribution in [3.05, 3.63) is 41.9 Å². The molecule has 2 unspecified atom stereocenters. The number of rotatable bonds is 7. The third-order valence-corrected chi connectivity index (χ3v) is 7.55. The number of sulfone groups is 1. The predicted molar refractivity (Wildman–Crippen MR) is 123 cm³/mol. The minimum atomic E-state index is -3.31. The molecule has 0 bridgehead atoms. The molecule has 1 aromatic heterocycles. The largest absolute Gasteiger partial charge is 0.453 e. The van der Waals surface area contributed by atoms with Crippen molar-refractivity contribution in [2.45, 2.75) is 44.7 Å². The van der Waals surface area contributed by atoms with Gasteiger partial charge < -0.3 is 19.9 Å². The Morgan fingerprint density at radius 2 is 2.00 bits per heavy atom. The number of nitrogens with one attached hydrogen (secondary N) is 2. The molecule has 2 fully saturated rings. The van der Waals surface area contributed by atoms with Crippen molar-refractivity contribution in [2.75, 3.05) is 25.7 Å². The van der Waals surface area contributed by atoms with Gasteiger partial charge in [-0.1, -0.05) is 29.8 Å². The van der Waals surface area contributed by atoms with Crippen LogP contribution in [-0.2, 0) is 19.4 Å². The summed E-state index contributed by atoms with van der Waals surface area (Å²) in [5, 5.41) is 2.52. The smallest absolute Gasteiger partial charge is 0.407 e. The van der Waals surface area contributed by atoms with E-state index in [0.717, 1.165) is 36.8 Å². The predicted octanol–water partition coefficient (Wildman–Crippen LogP) is 2.60. The summed E-state index contributed by atoms with van der Waals surface area (Å²) in [5.74, 6) is 0.170. The maximum Gasteiger partial charge on any atom is 0.407 e. The third kappa shape index (κ3) is 5.38. The summed E-state index contributed by atoms with van der Waals surface area (Å²) in [4.78, 5) is 35.1. The van der Waals surface area contributed by atoms with Gasteiger partial charge in [-0.05, 0) is 43.6 Å². The van der Waals surface area contributed by atoms with Crippen molar-refractivity contribution in [3.63, 3.8) is 0 Å². The van der Waals surface area contributed by atoms with Gasteiger partial charge in [0.15, 0.2) is 0 Å². The number of aryl methyl sites for hydroxylation is 1. The number of alkyl carbamates (subject to hydrolysis) is 1.